The number of rotatable bonds is 3. The van der Waals surface area contributed by atoms with Gasteiger partial charge in [0, 0.05) is 10.2 Å². The molecule has 20 heavy (non-hydrogen) atoms. The first-order valence-electron chi connectivity index (χ1n) is 5.83. The molecule has 0 aromatic heterocycles. The Morgan fingerprint density at radius 3 is 2.60 bits per heavy atom. The van der Waals surface area contributed by atoms with Crippen LogP contribution >= 0.6 is 27.5 Å². The molecule has 0 radical (unpaired) electrons. The van der Waals surface area contributed by atoms with E-state index in [1.54, 1.807) is 42.5 Å². The Morgan fingerprint density at radius 2 is 1.95 bits per heavy atom. The average Bonchev–Trinajstić information content (AvgIpc) is 2.44. The Bertz CT molecular complexity index is 677. The third-order valence-corrected chi connectivity index (χ3v) is 3.99. The van der Waals surface area contributed by atoms with Crippen LogP contribution in [0.5, 0.6) is 0 Å². The van der Waals surface area contributed by atoms with Crippen molar-refractivity contribution in [1.82, 2.24) is 0 Å². The minimum atomic E-state index is -0.274. The zero-order valence-corrected chi connectivity index (χ0v) is 12.7. The summed E-state index contributed by atoms with van der Waals surface area (Å²) in [5.41, 5.74) is 1.97. The number of hydrogen-bond donors (Lipinski definition) is 1. The third-order valence-electron chi connectivity index (χ3n) is 2.69. The molecule has 0 atom stereocenters. The van der Waals surface area contributed by atoms with E-state index < -0.39 is 0 Å². The van der Waals surface area contributed by atoms with E-state index in [4.69, 9.17) is 16.9 Å². The van der Waals surface area contributed by atoms with E-state index in [1.165, 1.54) is 0 Å². The smallest absolute Gasteiger partial charge is 0.257 e. The van der Waals surface area contributed by atoms with Gasteiger partial charge >= 0.3 is 0 Å². The molecule has 0 bridgehead atoms. The fourth-order valence-corrected chi connectivity index (χ4v) is 2.25. The molecule has 0 aliphatic rings. The first kappa shape index (κ1) is 14.6. The van der Waals surface area contributed by atoms with Gasteiger partial charge in [-0.25, -0.2) is 0 Å². The van der Waals surface area contributed by atoms with E-state index in [-0.39, 0.29) is 5.91 Å². The molecule has 0 aliphatic heterocycles. The summed E-state index contributed by atoms with van der Waals surface area (Å²) in [5, 5.41) is 11.7. The fourth-order valence-electron chi connectivity index (χ4n) is 1.67. The monoisotopic (exact) mass is 348 g/mol. The Labute approximate surface area is 130 Å². The van der Waals surface area contributed by atoms with Crippen molar-refractivity contribution in [3.8, 4) is 6.07 Å². The molecule has 1 amide bonds. The standard InChI is InChI=1S/C15H10BrClN2O/c16-13-3-1-2-12(14(13)17)15(20)19-11-6-4-10(5-7-11)8-9-18/h1-7H,8H2,(H,19,20). The molecule has 0 saturated carbocycles. The summed E-state index contributed by atoms with van der Waals surface area (Å²) >= 11 is 9.36. The first-order valence-corrected chi connectivity index (χ1v) is 7.00. The molecule has 0 heterocycles. The Kier molecular flexibility index (Phi) is 4.78. The van der Waals surface area contributed by atoms with Crippen molar-refractivity contribution in [2.45, 2.75) is 6.42 Å². The van der Waals surface area contributed by atoms with Gasteiger partial charge in [0.2, 0.25) is 0 Å². The number of halogens is 2. The van der Waals surface area contributed by atoms with Crippen molar-refractivity contribution in [2.24, 2.45) is 0 Å². The van der Waals surface area contributed by atoms with Gasteiger partial charge in [-0.05, 0) is 45.8 Å². The second-order valence-corrected chi connectivity index (χ2v) is 5.32. The lowest BCUT2D eigenvalue weighted by Crippen LogP contribution is -2.12. The van der Waals surface area contributed by atoms with Crippen LogP contribution in [0, 0.1) is 11.3 Å². The number of benzene rings is 2. The van der Waals surface area contributed by atoms with Crippen LogP contribution in [0.1, 0.15) is 15.9 Å². The summed E-state index contributed by atoms with van der Waals surface area (Å²) in [5.74, 6) is -0.274. The van der Waals surface area contributed by atoms with Gasteiger partial charge in [-0.15, -0.1) is 0 Å². The number of nitriles is 1. The summed E-state index contributed by atoms with van der Waals surface area (Å²) in [6.07, 6.45) is 0.353. The number of hydrogen-bond acceptors (Lipinski definition) is 2. The highest BCUT2D eigenvalue weighted by Gasteiger charge is 2.12. The maximum absolute atomic E-state index is 12.1. The van der Waals surface area contributed by atoms with Crippen LogP contribution < -0.4 is 5.32 Å². The summed E-state index contributed by atoms with van der Waals surface area (Å²) in [6, 6.07) is 14.4. The summed E-state index contributed by atoms with van der Waals surface area (Å²) in [7, 11) is 0. The van der Waals surface area contributed by atoms with E-state index in [9.17, 15) is 4.79 Å². The van der Waals surface area contributed by atoms with Gasteiger partial charge in [0.1, 0.15) is 0 Å². The van der Waals surface area contributed by atoms with E-state index in [0.29, 0.717) is 27.2 Å². The molecule has 2 rings (SSSR count). The van der Waals surface area contributed by atoms with E-state index in [2.05, 4.69) is 27.3 Å². The van der Waals surface area contributed by atoms with Gasteiger partial charge in [0.25, 0.3) is 5.91 Å². The number of carbonyl (C=O) groups is 1. The zero-order valence-electron chi connectivity index (χ0n) is 10.4. The number of nitrogens with zero attached hydrogens (tertiary/aromatic N) is 1. The molecule has 100 valence electrons. The van der Waals surface area contributed by atoms with Gasteiger partial charge in [0.15, 0.2) is 0 Å². The predicted molar refractivity (Wildman–Crippen MR) is 82.9 cm³/mol. The van der Waals surface area contributed by atoms with Crippen LogP contribution in [-0.4, -0.2) is 5.91 Å². The molecule has 2 aromatic rings. The Hall–Kier alpha value is -1.83. The first-order chi connectivity index (χ1) is 9.61. The largest absolute Gasteiger partial charge is 0.322 e. The Balaban J connectivity index is 2.15. The number of nitrogens with one attached hydrogen (secondary N) is 1. The normalized spacial score (nSPS) is 9.85. The van der Waals surface area contributed by atoms with Crippen molar-refractivity contribution in [2.75, 3.05) is 5.32 Å². The highest BCUT2D eigenvalue weighted by Crippen LogP contribution is 2.26. The molecular formula is C15H10BrClN2O. The highest BCUT2D eigenvalue weighted by molar-refractivity contribution is 9.10. The second-order valence-electron chi connectivity index (χ2n) is 4.09. The third kappa shape index (κ3) is 3.38. The van der Waals surface area contributed by atoms with Crippen molar-refractivity contribution < 1.29 is 4.79 Å². The molecule has 1 N–H and O–H groups in total. The molecule has 5 heteroatoms. The van der Waals surface area contributed by atoms with Crippen LogP contribution in [0.15, 0.2) is 46.9 Å². The van der Waals surface area contributed by atoms with Crippen molar-refractivity contribution >= 4 is 39.1 Å². The predicted octanol–water partition coefficient (Wildman–Crippen LogP) is 4.42. The maximum Gasteiger partial charge on any atom is 0.257 e. The molecule has 0 spiro atoms. The number of carbonyl (C=O) groups excluding carboxylic acids is 1. The van der Waals surface area contributed by atoms with Crippen molar-refractivity contribution in [3.63, 3.8) is 0 Å². The van der Waals surface area contributed by atoms with Gasteiger partial charge in [-0.2, -0.15) is 5.26 Å². The molecule has 0 unspecified atom stereocenters. The zero-order chi connectivity index (χ0) is 14.5. The van der Waals surface area contributed by atoms with E-state index >= 15 is 0 Å². The fraction of sp³-hybridized carbons (Fsp3) is 0.0667. The van der Waals surface area contributed by atoms with E-state index in [1.807, 2.05) is 0 Å². The van der Waals surface area contributed by atoms with Crippen LogP contribution in [0.25, 0.3) is 0 Å². The maximum atomic E-state index is 12.1. The average molecular weight is 350 g/mol. The molecular weight excluding hydrogens is 340 g/mol. The van der Waals surface area contributed by atoms with Crippen LogP contribution in [-0.2, 0) is 6.42 Å². The van der Waals surface area contributed by atoms with Gasteiger partial charge < -0.3 is 5.32 Å². The molecule has 0 aliphatic carbocycles. The lowest BCUT2D eigenvalue weighted by molar-refractivity contribution is 0.102. The van der Waals surface area contributed by atoms with Gasteiger partial charge in [-0.1, -0.05) is 29.8 Å². The van der Waals surface area contributed by atoms with Crippen LogP contribution in [0.4, 0.5) is 5.69 Å². The van der Waals surface area contributed by atoms with Crippen molar-refractivity contribution in [1.29, 1.82) is 5.26 Å². The second kappa shape index (κ2) is 6.56. The molecule has 2 aromatic carbocycles. The number of amides is 1. The molecule has 0 fully saturated rings. The SMILES string of the molecule is N#CCc1ccc(NC(=O)c2cccc(Br)c2Cl)cc1. The summed E-state index contributed by atoms with van der Waals surface area (Å²) in [6.45, 7) is 0. The van der Waals surface area contributed by atoms with Gasteiger partial charge in [-0.3, -0.25) is 4.79 Å². The van der Waals surface area contributed by atoms with Gasteiger partial charge in [0.05, 0.1) is 23.1 Å². The van der Waals surface area contributed by atoms with Crippen LogP contribution in [0.3, 0.4) is 0 Å². The lowest BCUT2D eigenvalue weighted by atomic mass is 10.1. The lowest BCUT2D eigenvalue weighted by Gasteiger charge is -2.08. The summed E-state index contributed by atoms with van der Waals surface area (Å²) in [4.78, 5) is 12.1. The van der Waals surface area contributed by atoms with E-state index in [0.717, 1.165) is 5.56 Å². The molecule has 3 nitrogen and oxygen atoms in total. The Morgan fingerprint density at radius 1 is 1.25 bits per heavy atom. The molecule has 0 saturated heterocycles. The topological polar surface area (TPSA) is 52.9 Å². The minimum Gasteiger partial charge on any atom is -0.322 e. The van der Waals surface area contributed by atoms with Crippen LogP contribution in [0.2, 0.25) is 5.02 Å². The highest BCUT2D eigenvalue weighted by atomic mass is 79.9. The quantitative estimate of drug-likeness (QED) is 0.891. The summed E-state index contributed by atoms with van der Waals surface area (Å²) < 4.78 is 0.677. The minimum absolute atomic E-state index is 0.274. The number of anilines is 1. The van der Waals surface area contributed by atoms with Crippen molar-refractivity contribution in [3.05, 3.63) is 63.1 Å².